The molecule has 1 heterocycles. The number of ether oxygens (including phenoxy) is 1. The number of thioether (sulfide) groups is 1. The van der Waals surface area contributed by atoms with E-state index in [0.29, 0.717) is 17.9 Å². The van der Waals surface area contributed by atoms with Gasteiger partial charge in [0.1, 0.15) is 12.4 Å². The topological polar surface area (TPSA) is 50.4 Å². The van der Waals surface area contributed by atoms with Crippen molar-refractivity contribution in [2.75, 3.05) is 5.32 Å². The van der Waals surface area contributed by atoms with Gasteiger partial charge in [-0.05, 0) is 88.3 Å². The second kappa shape index (κ2) is 11.6. The molecule has 1 aliphatic heterocycles. The average molecular weight is 550 g/mol. The van der Waals surface area contributed by atoms with Crippen LogP contribution in [0.5, 0.6) is 5.75 Å². The van der Waals surface area contributed by atoms with Crippen LogP contribution in [0, 0.1) is 6.92 Å². The van der Waals surface area contributed by atoms with Crippen LogP contribution in [-0.2, 0) is 24.2 Å². The second-order valence-electron chi connectivity index (χ2n) is 8.44. The molecule has 0 aromatic heterocycles. The van der Waals surface area contributed by atoms with E-state index in [1.807, 2.05) is 36.4 Å². The number of nitrogens with one attached hydrogen (secondary N) is 2. The number of carbonyl (C=O) groups excluding carboxylic acids is 1. The fourth-order valence-electron chi connectivity index (χ4n) is 3.89. The normalized spacial score (nSPS) is 16.3. The standard InChI is InChI=1S/C29H29BrN2O2S/c1-4-7-23-15-22(16-25(30)27(23)34-18-21-9-6-8-19(3)14-21)17-26-28(33)32-29(35-26)31-24-12-10-20(5-2)11-13-24/h4,6,8-17,29,31H,1,5,7,18H2,2-3H3,(H,32,33)/b26-17-/t29-/m1/s1. The van der Waals surface area contributed by atoms with E-state index in [1.54, 1.807) is 0 Å². The summed E-state index contributed by atoms with van der Waals surface area (Å²) < 4.78 is 7.05. The summed E-state index contributed by atoms with van der Waals surface area (Å²) in [6, 6.07) is 20.6. The van der Waals surface area contributed by atoms with Crippen molar-refractivity contribution in [1.29, 1.82) is 0 Å². The molecular formula is C29H29BrN2O2S. The zero-order chi connectivity index (χ0) is 24.8. The highest BCUT2D eigenvalue weighted by molar-refractivity contribution is 9.10. The number of rotatable bonds is 9. The molecule has 0 saturated carbocycles. The van der Waals surface area contributed by atoms with Crippen molar-refractivity contribution in [1.82, 2.24) is 5.32 Å². The molecule has 4 rings (SSSR count). The summed E-state index contributed by atoms with van der Waals surface area (Å²) in [7, 11) is 0. The Bertz CT molecular complexity index is 1250. The maximum atomic E-state index is 12.6. The van der Waals surface area contributed by atoms with Crippen molar-refractivity contribution in [2.45, 2.75) is 38.8 Å². The predicted molar refractivity (Wildman–Crippen MR) is 150 cm³/mol. The van der Waals surface area contributed by atoms with Crippen molar-refractivity contribution in [3.63, 3.8) is 0 Å². The first-order chi connectivity index (χ1) is 16.9. The van der Waals surface area contributed by atoms with Crippen molar-refractivity contribution >= 4 is 45.4 Å². The quantitative estimate of drug-likeness (QED) is 0.219. The summed E-state index contributed by atoms with van der Waals surface area (Å²) in [5.74, 6) is 0.714. The Balaban J connectivity index is 1.50. The van der Waals surface area contributed by atoms with Gasteiger partial charge in [-0.2, -0.15) is 0 Å². The lowest BCUT2D eigenvalue weighted by Crippen LogP contribution is -2.30. The van der Waals surface area contributed by atoms with E-state index >= 15 is 0 Å². The minimum absolute atomic E-state index is 0.0844. The van der Waals surface area contributed by atoms with E-state index < -0.39 is 0 Å². The van der Waals surface area contributed by atoms with Crippen molar-refractivity contribution in [3.05, 3.63) is 111 Å². The number of benzene rings is 3. The molecule has 2 N–H and O–H groups in total. The SMILES string of the molecule is C=CCc1cc(/C=C2\S[C@H](Nc3ccc(CC)cc3)NC2=O)cc(Br)c1OCc1cccc(C)c1. The molecule has 4 nitrogen and oxygen atoms in total. The lowest BCUT2D eigenvalue weighted by molar-refractivity contribution is -0.116. The lowest BCUT2D eigenvalue weighted by atomic mass is 10.1. The minimum atomic E-state index is -0.214. The van der Waals surface area contributed by atoms with E-state index in [1.165, 1.54) is 22.9 Å². The summed E-state index contributed by atoms with van der Waals surface area (Å²) in [5, 5.41) is 6.38. The molecule has 180 valence electrons. The number of amides is 1. The molecule has 35 heavy (non-hydrogen) atoms. The van der Waals surface area contributed by atoms with Gasteiger partial charge >= 0.3 is 0 Å². The molecule has 1 amide bonds. The third-order valence-electron chi connectivity index (χ3n) is 5.66. The molecule has 0 unspecified atom stereocenters. The summed E-state index contributed by atoms with van der Waals surface area (Å²) in [5.41, 5.74) is 6.32. The van der Waals surface area contributed by atoms with Gasteiger partial charge in [-0.15, -0.1) is 6.58 Å². The minimum Gasteiger partial charge on any atom is -0.487 e. The maximum absolute atomic E-state index is 12.6. The number of allylic oxidation sites excluding steroid dienone is 1. The van der Waals surface area contributed by atoms with Crippen LogP contribution in [0.2, 0.25) is 0 Å². The van der Waals surface area contributed by atoms with E-state index in [9.17, 15) is 4.79 Å². The van der Waals surface area contributed by atoms with Crippen LogP contribution in [0.4, 0.5) is 5.69 Å². The first-order valence-corrected chi connectivity index (χ1v) is 13.3. The molecule has 0 aliphatic carbocycles. The van der Waals surface area contributed by atoms with E-state index in [4.69, 9.17) is 4.74 Å². The molecule has 1 aliphatic rings. The Hall–Kier alpha value is -2.96. The number of anilines is 1. The number of halogens is 1. The molecule has 6 heteroatoms. The van der Waals surface area contributed by atoms with Gasteiger partial charge in [-0.25, -0.2) is 0 Å². The lowest BCUT2D eigenvalue weighted by Gasteiger charge is -2.14. The van der Waals surface area contributed by atoms with Crippen LogP contribution in [-0.4, -0.2) is 11.4 Å². The molecule has 1 saturated heterocycles. The Morgan fingerprint density at radius 2 is 1.94 bits per heavy atom. The van der Waals surface area contributed by atoms with Crippen molar-refractivity contribution < 1.29 is 9.53 Å². The summed E-state index contributed by atoms with van der Waals surface area (Å²) in [6.45, 7) is 8.59. The predicted octanol–water partition coefficient (Wildman–Crippen LogP) is 7.23. The Kier molecular flexibility index (Phi) is 8.37. The fraction of sp³-hybridized carbons (Fsp3) is 0.207. The molecule has 0 spiro atoms. The van der Waals surface area contributed by atoms with Gasteiger partial charge < -0.3 is 15.4 Å². The van der Waals surface area contributed by atoms with Crippen molar-refractivity contribution in [3.8, 4) is 5.75 Å². The zero-order valence-corrected chi connectivity index (χ0v) is 22.3. The summed E-state index contributed by atoms with van der Waals surface area (Å²) >= 11 is 5.16. The largest absolute Gasteiger partial charge is 0.487 e. The third kappa shape index (κ3) is 6.59. The molecule has 1 fully saturated rings. The van der Waals surface area contributed by atoms with Crippen LogP contribution < -0.4 is 15.4 Å². The monoisotopic (exact) mass is 548 g/mol. The number of hydrogen-bond donors (Lipinski definition) is 2. The van der Waals surface area contributed by atoms with Gasteiger partial charge in [-0.1, -0.05) is 66.7 Å². The average Bonchev–Trinajstić information content (AvgIpc) is 3.17. The number of aryl methyl sites for hydroxylation is 2. The van der Waals surface area contributed by atoms with Gasteiger partial charge in [0.2, 0.25) is 0 Å². The highest BCUT2D eigenvalue weighted by atomic mass is 79.9. The first-order valence-electron chi connectivity index (χ1n) is 11.6. The van der Waals surface area contributed by atoms with Crippen LogP contribution in [0.25, 0.3) is 6.08 Å². The second-order valence-corrected chi connectivity index (χ2v) is 10.4. The third-order valence-corrected chi connectivity index (χ3v) is 7.28. The summed E-state index contributed by atoms with van der Waals surface area (Å²) in [4.78, 5) is 13.3. The maximum Gasteiger partial charge on any atom is 0.260 e. The van der Waals surface area contributed by atoms with Crippen LogP contribution in [0.3, 0.4) is 0 Å². The Morgan fingerprint density at radius 3 is 2.66 bits per heavy atom. The van der Waals surface area contributed by atoms with E-state index in [-0.39, 0.29) is 11.4 Å². The van der Waals surface area contributed by atoms with E-state index in [2.05, 4.69) is 83.4 Å². The smallest absolute Gasteiger partial charge is 0.260 e. The molecule has 3 aromatic rings. The Morgan fingerprint density at radius 1 is 1.14 bits per heavy atom. The molecule has 0 bridgehead atoms. The fourth-order valence-corrected chi connectivity index (χ4v) is 5.51. The van der Waals surface area contributed by atoms with Crippen molar-refractivity contribution in [2.24, 2.45) is 0 Å². The van der Waals surface area contributed by atoms with Crippen LogP contribution in [0.15, 0.2) is 82.7 Å². The van der Waals surface area contributed by atoms with Gasteiger partial charge in [0.25, 0.3) is 5.91 Å². The van der Waals surface area contributed by atoms with Gasteiger partial charge in [0.15, 0.2) is 5.50 Å². The number of hydrogen-bond acceptors (Lipinski definition) is 4. The molecule has 1 atom stereocenters. The van der Waals surface area contributed by atoms with Crippen LogP contribution >= 0.6 is 27.7 Å². The van der Waals surface area contributed by atoms with E-state index in [0.717, 1.165) is 39.0 Å². The molecular weight excluding hydrogens is 520 g/mol. The summed E-state index contributed by atoms with van der Waals surface area (Å²) in [6.07, 6.45) is 5.44. The zero-order valence-electron chi connectivity index (χ0n) is 19.9. The number of carbonyl (C=O) groups is 1. The van der Waals surface area contributed by atoms with Gasteiger partial charge in [0, 0.05) is 5.69 Å². The highest BCUT2D eigenvalue weighted by Gasteiger charge is 2.27. The first kappa shape index (κ1) is 25.1. The molecule has 3 aromatic carbocycles. The molecule has 0 radical (unpaired) electrons. The highest BCUT2D eigenvalue weighted by Crippen LogP contribution is 2.35. The Labute approximate surface area is 220 Å². The van der Waals surface area contributed by atoms with Crippen LogP contribution in [0.1, 0.15) is 34.7 Å². The van der Waals surface area contributed by atoms with Gasteiger partial charge in [-0.3, -0.25) is 4.79 Å². The van der Waals surface area contributed by atoms with Gasteiger partial charge in [0.05, 0.1) is 9.38 Å².